The molecule has 2 fully saturated rings. The molecule has 0 aliphatic carbocycles. The highest BCUT2D eigenvalue weighted by Gasteiger charge is 2.39. The topological polar surface area (TPSA) is 58.0 Å². The first-order chi connectivity index (χ1) is 15.7. The second-order valence-corrected chi connectivity index (χ2v) is 8.83. The SMILES string of the molecule is CC(C)N1CCN(C(=O)C2COCCN2C(=O)c2cc3ccccc3n2CC(F)(F)F)CC1. The van der Waals surface area contributed by atoms with Crippen LogP contribution in [0.4, 0.5) is 13.2 Å². The van der Waals surface area contributed by atoms with Crippen LogP contribution in [0.3, 0.4) is 0 Å². The molecule has 0 spiro atoms. The number of morpholine rings is 1. The number of halogens is 3. The Kier molecular flexibility index (Phi) is 6.67. The van der Waals surface area contributed by atoms with Crippen LogP contribution in [0, 0.1) is 0 Å². The fraction of sp³-hybridized carbons (Fsp3) is 0.565. The lowest BCUT2D eigenvalue weighted by molar-refractivity contribution is -0.144. The molecule has 2 aromatic rings. The maximum absolute atomic E-state index is 13.5. The molecule has 0 N–H and O–H groups in total. The number of benzene rings is 1. The molecule has 33 heavy (non-hydrogen) atoms. The Balaban J connectivity index is 1.60. The van der Waals surface area contributed by atoms with E-state index in [2.05, 4.69) is 18.7 Å². The van der Waals surface area contributed by atoms with Crippen molar-refractivity contribution in [3.63, 3.8) is 0 Å². The molecule has 180 valence electrons. The van der Waals surface area contributed by atoms with Gasteiger partial charge in [0.2, 0.25) is 5.91 Å². The molecule has 0 radical (unpaired) electrons. The molecule has 0 bridgehead atoms. The first-order valence-electron chi connectivity index (χ1n) is 11.2. The van der Waals surface area contributed by atoms with Crippen LogP contribution in [0.15, 0.2) is 30.3 Å². The second kappa shape index (κ2) is 9.34. The summed E-state index contributed by atoms with van der Waals surface area (Å²) in [7, 11) is 0. The van der Waals surface area contributed by atoms with E-state index in [9.17, 15) is 22.8 Å². The number of ether oxygens (including phenoxy) is 1. The number of hydrogen-bond donors (Lipinski definition) is 0. The van der Waals surface area contributed by atoms with E-state index in [1.165, 1.54) is 11.0 Å². The van der Waals surface area contributed by atoms with Crippen molar-refractivity contribution in [1.29, 1.82) is 0 Å². The Morgan fingerprint density at radius 1 is 1.09 bits per heavy atom. The third-order valence-electron chi connectivity index (χ3n) is 6.40. The molecule has 2 aliphatic heterocycles. The van der Waals surface area contributed by atoms with Gasteiger partial charge in [-0.05, 0) is 26.0 Å². The molecule has 7 nitrogen and oxygen atoms in total. The molecule has 2 saturated heterocycles. The molecule has 1 atom stereocenters. The summed E-state index contributed by atoms with van der Waals surface area (Å²) >= 11 is 0. The van der Waals surface area contributed by atoms with Crippen LogP contribution in [0.5, 0.6) is 0 Å². The van der Waals surface area contributed by atoms with Gasteiger partial charge in [-0.2, -0.15) is 13.2 Å². The van der Waals surface area contributed by atoms with E-state index in [4.69, 9.17) is 4.74 Å². The van der Waals surface area contributed by atoms with Crippen molar-refractivity contribution in [1.82, 2.24) is 19.3 Å². The van der Waals surface area contributed by atoms with Gasteiger partial charge in [-0.3, -0.25) is 14.5 Å². The highest BCUT2D eigenvalue weighted by atomic mass is 19.4. The van der Waals surface area contributed by atoms with E-state index < -0.39 is 24.7 Å². The standard InChI is InChI=1S/C23H29F3N4O3/c1-16(2)27-7-9-28(10-8-27)21(31)20-14-33-12-11-29(20)22(32)19-13-17-5-3-4-6-18(17)30(19)15-23(24,25)26/h3-6,13,16,20H,7-12,14-15H2,1-2H3. The largest absolute Gasteiger partial charge is 0.406 e. The quantitative estimate of drug-likeness (QED) is 0.695. The summed E-state index contributed by atoms with van der Waals surface area (Å²) in [4.78, 5) is 32.2. The van der Waals surface area contributed by atoms with E-state index in [0.717, 1.165) is 17.7 Å². The lowest BCUT2D eigenvalue weighted by atomic mass is 10.1. The molecular formula is C23H29F3N4O3. The normalized spacial score (nSPS) is 20.6. The molecule has 1 unspecified atom stereocenters. The summed E-state index contributed by atoms with van der Waals surface area (Å²) in [6, 6.07) is 7.60. The van der Waals surface area contributed by atoms with Crippen LogP contribution < -0.4 is 0 Å². The highest BCUT2D eigenvalue weighted by molar-refractivity contribution is 6.01. The number of carbonyl (C=O) groups excluding carboxylic acids is 2. The number of carbonyl (C=O) groups is 2. The minimum atomic E-state index is -4.49. The smallest absolute Gasteiger partial charge is 0.377 e. The van der Waals surface area contributed by atoms with Gasteiger partial charge in [0.05, 0.1) is 13.2 Å². The first-order valence-corrected chi connectivity index (χ1v) is 11.2. The number of fused-ring (bicyclic) bond motifs is 1. The van der Waals surface area contributed by atoms with Crippen molar-refractivity contribution < 1.29 is 27.5 Å². The Bertz CT molecular complexity index is 1010. The second-order valence-electron chi connectivity index (χ2n) is 8.83. The third-order valence-corrected chi connectivity index (χ3v) is 6.40. The van der Waals surface area contributed by atoms with Gasteiger partial charge in [0.25, 0.3) is 5.91 Å². The molecule has 3 heterocycles. The number of nitrogens with zero attached hydrogens (tertiary/aromatic N) is 4. The first kappa shape index (κ1) is 23.6. The minimum absolute atomic E-state index is 0.0362. The van der Waals surface area contributed by atoms with Gasteiger partial charge in [-0.15, -0.1) is 0 Å². The maximum Gasteiger partial charge on any atom is 0.406 e. The van der Waals surface area contributed by atoms with E-state index in [0.29, 0.717) is 30.0 Å². The average Bonchev–Trinajstić information content (AvgIpc) is 3.15. The van der Waals surface area contributed by atoms with Crippen molar-refractivity contribution in [2.75, 3.05) is 45.9 Å². The van der Waals surface area contributed by atoms with Gasteiger partial charge in [-0.1, -0.05) is 18.2 Å². The predicted molar refractivity (Wildman–Crippen MR) is 117 cm³/mol. The molecule has 2 amide bonds. The number of alkyl halides is 3. The van der Waals surface area contributed by atoms with E-state index >= 15 is 0 Å². The van der Waals surface area contributed by atoms with Gasteiger partial charge in [-0.25, -0.2) is 0 Å². The molecule has 0 saturated carbocycles. The van der Waals surface area contributed by atoms with Gasteiger partial charge in [0.1, 0.15) is 18.3 Å². The summed E-state index contributed by atoms with van der Waals surface area (Å²) in [5, 5.41) is 0.547. The summed E-state index contributed by atoms with van der Waals surface area (Å²) in [5.74, 6) is -0.803. The summed E-state index contributed by atoms with van der Waals surface area (Å²) in [6.45, 7) is 5.92. The van der Waals surface area contributed by atoms with Crippen molar-refractivity contribution in [3.8, 4) is 0 Å². The van der Waals surface area contributed by atoms with Crippen LogP contribution in [0.2, 0.25) is 0 Å². The number of hydrogen-bond acceptors (Lipinski definition) is 4. The summed E-state index contributed by atoms with van der Waals surface area (Å²) in [5.41, 5.74) is 0.261. The maximum atomic E-state index is 13.5. The number of para-hydroxylation sites is 1. The van der Waals surface area contributed by atoms with Crippen LogP contribution in [-0.4, -0.2) is 95.3 Å². The zero-order valence-electron chi connectivity index (χ0n) is 18.8. The number of rotatable bonds is 4. The van der Waals surface area contributed by atoms with Gasteiger partial charge < -0.3 is 19.1 Å². The van der Waals surface area contributed by atoms with E-state index in [-0.39, 0.29) is 31.4 Å². The predicted octanol–water partition coefficient (Wildman–Crippen LogP) is 2.60. The third kappa shape index (κ3) is 5.01. The Morgan fingerprint density at radius 2 is 1.79 bits per heavy atom. The Morgan fingerprint density at radius 3 is 2.45 bits per heavy atom. The van der Waals surface area contributed by atoms with Crippen LogP contribution >= 0.6 is 0 Å². The molecule has 1 aromatic heterocycles. The van der Waals surface area contributed by atoms with Crippen molar-refractivity contribution in [3.05, 3.63) is 36.0 Å². The monoisotopic (exact) mass is 466 g/mol. The average molecular weight is 467 g/mol. The molecule has 2 aliphatic rings. The highest BCUT2D eigenvalue weighted by Crippen LogP contribution is 2.27. The zero-order chi connectivity index (χ0) is 23.8. The van der Waals surface area contributed by atoms with Crippen molar-refractivity contribution in [2.24, 2.45) is 0 Å². The van der Waals surface area contributed by atoms with Gasteiger partial charge in [0.15, 0.2) is 0 Å². The fourth-order valence-electron chi connectivity index (χ4n) is 4.61. The molecular weight excluding hydrogens is 437 g/mol. The van der Waals surface area contributed by atoms with Crippen LogP contribution in [-0.2, 0) is 16.1 Å². The lowest BCUT2D eigenvalue weighted by Gasteiger charge is -2.41. The molecule has 1 aromatic carbocycles. The summed E-state index contributed by atoms with van der Waals surface area (Å²) < 4.78 is 46.5. The van der Waals surface area contributed by atoms with Gasteiger partial charge in [0, 0.05) is 49.7 Å². The van der Waals surface area contributed by atoms with Crippen LogP contribution in [0.25, 0.3) is 10.9 Å². The van der Waals surface area contributed by atoms with Crippen molar-refractivity contribution >= 4 is 22.7 Å². The van der Waals surface area contributed by atoms with E-state index in [1.54, 1.807) is 29.2 Å². The number of aromatic nitrogens is 1. The molecule has 4 rings (SSSR count). The van der Waals surface area contributed by atoms with E-state index in [1.807, 2.05) is 0 Å². The number of piperazine rings is 1. The Hall–Kier alpha value is -2.59. The van der Waals surface area contributed by atoms with Crippen molar-refractivity contribution in [2.45, 2.75) is 38.7 Å². The lowest BCUT2D eigenvalue weighted by Crippen LogP contribution is -2.60. The van der Waals surface area contributed by atoms with Gasteiger partial charge >= 0.3 is 6.18 Å². The Labute approximate surface area is 190 Å². The number of amides is 2. The summed E-state index contributed by atoms with van der Waals surface area (Å²) in [6.07, 6.45) is -4.49. The molecule has 10 heteroatoms. The fourth-order valence-corrected chi connectivity index (χ4v) is 4.61. The minimum Gasteiger partial charge on any atom is -0.377 e. The van der Waals surface area contributed by atoms with Crippen LogP contribution in [0.1, 0.15) is 24.3 Å². The zero-order valence-corrected chi connectivity index (χ0v) is 18.8.